The van der Waals surface area contributed by atoms with E-state index < -0.39 is 0 Å². The van der Waals surface area contributed by atoms with E-state index in [1.165, 1.54) is 12.1 Å². The number of hydrogen-bond acceptors (Lipinski definition) is 4. The van der Waals surface area contributed by atoms with E-state index in [9.17, 15) is 8.78 Å². The summed E-state index contributed by atoms with van der Waals surface area (Å²) >= 11 is 0. The number of nitrogens with zero attached hydrogens (tertiary/aromatic N) is 2. The third-order valence-electron chi connectivity index (χ3n) is 8.65. The van der Waals surface area contributed by atoms with Crippen LogP contribution in [0.4, 0.5) is 8.78 Å². The molecule has 0 unspecified atom stereocenters. The molecule has 4 N–H and O–H groups in total. The molecule has 4 saturated carbocycles. The fourth-order valence-electron chi connectivity index (χ4n) is 6.77. The highest BCUT2D eigenvalue weighted by molar-refractivity contribution is 5.33. The monoisotopic (exact) mass is 488 g/mol. The quantitative estimate of drug-likeness (QED) is 0.497. The van der Waals surface area contributed by atoms with Crippen LogP contribution in [0.5, 0.6) is 0 Å². The second-order valence-electron chi connectivity index (χ2n) is 11.5. The minimum absolute atomic E-state index is 0.0109. The number of pyridine rings is 2. The number of hydrogen-bond donors (Lipinski definition) is 2. The molecule has 0 spiro atoms. The number of fused-ring (bicyclic) bond motifs is 4. The lowest BCUT2D eigenvalue weighted by Gasteiger charge is -2.33. The lowest BCUT2D eigenvalue weighted by Crippen LogP contribution is -2.40. The zero-order valence-electron chi connectivity index (χ0n) is 20.8. The highest BCUT2D eigenvalue weighted by Crippen LogP contribution is 2.53. The molecular weight excluding hydrogens is 454 g/mol. The first-order valence-corrected chi connectivity index (χ1v) is 13.1. The summed E-state index contributed by atoms with van der Waals surface area (Å²) in [4.78, 5) is 7.96. The van der Waals surface area contributed by atoms with Crippen LogP contribution in [0.1, 0.15) is 88.4 Å². The van der Waals surface area contributed by atoms with Crippen molar-refractivity contribution in [3.8, 4) is 23.7 Å². The van der Waals surface area contributed by atoms with Crippen LogP contribution in [-0.2, 0) is 0 Å². The van der Waals surface area contributed by atoms with E-state index in [0.717, 1.165) is 77.0 Å². The van der Waals surface area contributed by atoms with E-state index in [-0.39, 0.29) is 44.9 Å². The molecule has 6 rings (SSSR count). The lowest BCUT2D eigenvalue weighted by molar-refractivity contribution is 0.256. The van der Waals surface area contributed by atoms with Crippen molar-refractivity contribution in [3.63, 3.8) is 0 Å². The van der Waals surface area contributed by atoms with Gasteiger partial charge in [-0.1, -0.05) is 24.7 Å². The molecule has 4 bridgehead atoms. The topological polar surface area (TPSA) is 77.8 Å². The van der Waals surface area contributed by atoms with E-state index >= 15 is 0 Å². The van der Waals surface area contributed by atoms with Gasteiger partial charge in [-0.2, -0.15) is 0 Å². The van der Waals surface area contributed by atoms with Crippen LogP contribution in [0.15, 0.2) is 36.7 Å². The minimum Gasteiger partial charge on any atom is -0.325 e. The summed E-state index contributed by atoms with van der Waals surface area (Å²) in [5, 5.41) is 0. The van der Waals surface area contributed by atoms with Crippen molar-refractivity contribution in [1.82, 2.24) is 9.97 Å². The first kappa shape index (κ1) is 24.9. The van der Waals surface area contributed by atoms with Gasteiger partial charge < -0.3 is 11.5 Å². The zero-order valence-corrected chi connectivity index (χ0v) is 20.8. The number of rotatable bonds is 0. The Morgan fingerprint density at radius 1 is 0.639 bits per heavy atom. The average molecular weight is 489 g/mol. The van der Waals surface area contributed by atoms with Crippen molar-refractivity contribution in [2.24, 2.45) is 22.3 Å². The van der Waals surface area contributed by atoms with E-state index in [0.29, 0.717) is 0 Å². The maximum absolute atomic E-state index is 13.5. The summed E-state index contributed by atoms with van der Waals surface area (Å²) < 4.78 is 26.9. The van der Waals surface area contributed by atoms with Gasteiger partial charge in [0.05, 0.1) is 0 Å². The molecule has 36 heavy (non-hydrogen) atoms. The second-order valence-corrected chi connectivity index (χ2v) is 11.5. The molecule has 0 radical (unpaired) electrons. The summed E-state index contributed by atoms with van der Waals surface area (Å²) in [7, 11) is 0. The van der Waals surface area contributed by atoms with Crippen molar-refractivity contribution in [1.29, 1.82) is 0 Å². The zero-order chi connectivity index (χ0) is 25.3. The molecule has 0 saturated heterocycles. The van der Waals surface area contributed by atoms with Gasteiger partial charge in [-0.15, -0.1) is 0 Å². The van der Waals surface area contributed by atoms with Crippen molar-refractivity contribution in [3.05, 3.63) is 59.7 Å². The SMILES string of the molecule is N[C@@]12CCC[C@@](C#Cc3ncccc3F)(CC1)C2.N[C@]12CCC[C@](C#Cc3ncccc3F)(CC1)C2. The summed E-state index contributed by atoms with van der Waals surface area (Å²) in [5.41, 5.74) is 13.2. The molecule has 4 nitrogen and oxygen atoms in total. The van der Waals surface area contributed by atoms with Crippen LogP contribution in [0.2, 0.25) is 0 Å². The fraction of sp³-hybridized carbons (Fsp3) is 0.533. The van der Waals surface area contributed by atoms with Gasteiger partial charge in [-0.25, -0.2) is 18.7 Å². The molecule has 2 aromatic heterocycles. The van der Waals surface area contributed by atoms with E-state index in [1.807, 2.05) is 0 Å². The molecular formula is C30H34F2N4. The molecule has 4 atom stereocenters. The van der Waals surface area contributed by atoms with Gasteiger partial charge in [0.1, 0.15) is 11.4 Å². The number of halogens is 2. The third-order valence-corrected chi connectivity index (χ3v) is 8.65. The standard InChI is InChI=1S/2C15H17FN2/c2*16-12-3-1-10-18-13(12)4-7-14-5-2-6-15(17,11-14)9-8-14/h2*1,3,10H,2,5-6,8-9,11,17H2/t2*14-,15+/m10/s1. The molecule has 4 aliphatic carbocycles. The summed E-state index contributed by atoms with van der Waals surface area (Å²) in [6, 6.07) is 5.97. The van der Waals surface area contributed by atoms with Gasteiger partial charge in [0.15, 0.2) is 11.6 Å². The van der Waals surface area contributed by atoms with Gasteiger partial charge >= 0.3 is 0 Å². The Bertz CT molecular complexity index is 1160. The predicted octanol–water partition coefficient (Wildman–Crippen LogP) is 5.25. The fourth-order valence-corrected chi connectivity index (χ4v) is 6.77. The van der Waals surface area contributed by atoms with E-state index in [4.69, 9.17) is 11.5 Å². The van der Waals surface area contributed by atoms with Crippen LogP contribution in [-0.4, -0.2) is 21.0 Å². The first-order valence-electron chi connectivity index (χ1n) is 13.1. The van der Waals surface area contributed by atoms with E-state index in [1.54, 1.807) is 24.5 Å². The molecule has 4 fully saturated rings. The van der Waals surface area contributed by atoms with Crippen molar-refractivity contribution < 1.29 is 8.78 Å². The Kier molecular flexibility index (Phi) is 6.62. The van der Waals surface area contributed by atoms with Crippen LogP contribution in [0.25, 0.3) is 0 Å². The molecule has 2 aromatic rings. The molecule has 0 aromatic carbocycles. The predicted molar refractivity (Wildman–Crippen MR) is 136 cm³/mol. The Balaban J connectivity index is 0.000000148. The normalized spacial score (nSPS) is 33.9. The van der Waals surface area contributed by atoms with Crippen LogP contribution < -0.4 is 11.5 Å². The highest BCUT2D eigenvalue weighted by atomic mass is 19.1. The van der Waals surface area contributed by atoms with Crippen LogP contribution >= 0.6 is 0 Å². The Labute approximate surface area is 212 Å². The Morgan fingerprint density at radius 3 is 1.50 bits per heavy atom. The third kappa shape index (κ3) is 5.31. The molecule has 6 heteroatoms. The summed E-state index contributed by atoms with van der Waals surface area (Å²) in [5.74, 6) is 11.7. The number of aromatic nitrogens is 2. The average Bonchev–Trinajstić information content (AvgIpc) is 3.25. The second kappa shape index (κ2) is 9.58. The molecule has 2 heterocycles. The lowest BCUT2D eigenvalue weighted by atomic mass is 9.74. The van der Waals surface area contributed by atoms with Crippen LogP contribution in [0.3, 0.4) is 0 Å². The van der Waals surface area contributed by atoms with E-state index in [2.05, 4.69) is 33.6 Å². The van der Waals surface area contributed by atoms with Crippen molar-refractivity contribution in [2.45, 2.75) is 88.1 Å². The molecule has 188 valence electrons. The smallest absolute Gasteiger partial charge is 0.157 e. The van der Waals surface area contributed by atoms with Crippen molar-refractivity contribution >= 4 is 0 Å². The van der Waals surface area contributed by atoms with Gasteiger partial charge in [-0.3, -0.25) is 0 Å². The maximum Gasteiger partial charge on any atom is 0.157 e. The molecule has 0 amide bonds. The Morgan fingerprint density at radius 2 is 1.08 bits per heavy atom. The van der Waals surface area contributed by atoms with Crippen molar-refractivity contribution in [2.75, 3.05) is 0 Å². The van der Waals surface area contributed by atoms with Gasteiger partial charge in [0, 0.05) is 34.3 Å². The summed E-state index contributed by atoms with van der Waals surface area (Å²) in [6.45, 7) is 0. The molecule has 4 aliphatic rings. The van der Waals surface area contributed by atoms with Gasteiger partial charge in [0.25, 0.3) is 0 Å². The summed E-state index contributed by atoms with van der Waals surface area (Å²) in [6.07, 6.45) is 15.9. The highest BCUT2D eigenvalue weighted by Gasteiger charge is 2.49. The maximum atomic E-state index is 13.5. The Hall–Kier alpha value is -2.80. The first-order chi connectivity index (χ1) is 17.2. The largest absolute Gasteiger partial charge is 0.325 e. The number of nitrogens with two attached hydrogens (primary N) is 2. The van der Waals surface area contributed by atoms with Gasteiger partial charge in [-0.05, 0) is 100 Å². The van der Waals surface area contributed by atoms with Gasteiger partial charge in [0.2, 0.25) is 0 Å². The minimum atomic E-state index is -0.339. The molecule has 0 aliphatic heterocycles. The van der Waals surface area contributed by atoms with Crippen LogP contribution in [0, 0.1) is 46.1 Å².